The fraction of sp³-hybridized carbons (Fsp3) is 0.538. The third kappa shape index (κ3) is 2.40. The number of aromatic nitrogens is 1. The Morgan fingerprint density at radius 3 is 3.00 bits per heavy atom. The van der Waals surface area contributed by atoms with Gasteiger partial charge in [0.1, 0.15) is 5.82 Å². The fourth-order valence-corrected chi connectivity index (χ4v) is 2.97. The summed E-state index contributed by atoms with van der Waals surface area (Å²) in [6.07, 6.45) is 5.00. The van der Waals surface area contributed by atoms with Gasteiger partial charge in [-0.05, 0) is 25.3 Å². The van der Waals surface area contributed by atoms with E-state index in [0.717, 1.165) is 19.3 Å². The second-order valence-electron chi connectivity index (χ2n) is 4.99. The van der Waals surface area contributed by atoms with E-state index in [-0.39, 0.29) is 18.1 Å². The van der Waals surface area contributed by atoms with E-state index < -0.39 is 0 Å². The first kappa shape index (κ1) is 12.7. The third-order valence-corrected chi connectivity index (χ3v) is 4.08. The first-order valence-corrected chi connectivity index (χ1v) is 6.85. The molecule has 2 bridgehead atoms. The zero-order chi connectivity index (χ0) is 13.4. The van der Waals surface area contributed by atoms with Gasteiger partial charge in [0.25, 0.3) is 5.91 Å². The highest BCUT2D eigenvalue weighted by Gasteiger charge is 2.41. The van der Waals surface area contributed by atoms with Gasteiger partial charge in [0.2, 0.25) is 0 Å². The average Bonchev–Trinajstić information content (AvgIpc) is 3.01. The number of anilines is 1. The summed E-state index contributed by atoms with van der Waals surface area (Å²) in [6.45, 7) is 0. The normalized spacial score (nSPS) is 28.4. The molecule has 0 saturated carbocycles. The van der Waals surface area contributed by atoms with Gasteiger partial charge in [-0.1, -0.05) is 11.6 Å². The Balaban J connectivity index is 1.73. The minimum atomic E-state index is -0.162. The molecule has 3 heterocycles. The largest absolute Gasteiger partial charge is 0.373 e. The number of hydrogen-bond acceptors (Lipinski definition) is 4. The van der Waals surface area contributed by atoms with Crippen molar-refractivity contribution < 1.29 is 9.53 Å². The molecule has 0 spiro atoms. The molecule has 6 heteroatoms. The maximum atomic E-state index is 12.3. The van der Waals surface area contributed by atoms with Gasteiger partial charge in [0.05, 0.1) is 28.8 Å². The molecule has 1 aromatic heterocycles. The van der Waals surface area contributed by atoms with Gasteiger partial charge in [-0.2, -0.15) is 0 Å². The van der Waals surface area contributed by atoms with Crippen molar-refractivity contribution in [2.24, 2.45) is 0 Å². The molecule has 1 amide bonds. The monoisotopic (exact) mass is 281 g/mol. The SMILES string of the molecule is CNc1cc(C(=O)NC2CC3CCC2O3)c(Cl)cn1. The van der Waals surface area contributed by atoms with Crippen LogP contribution in [0.15, 0.2) is 12.3 Å². The first-order valence-electron chi connectivity index (χ1n) is 6.47. The number of carbonyl (C=O) groups excluding carboxylic acids is 1. The summed E-state index contributed by atoms with van der Waals surface area (Å²) in [4.78, 5) is 16.3. The summed E-state index contributed by atoms with van der Waals surface area (Å²) < 4.78 is 5.72. The van der Waals surface area contributed by atoms with Crippen molar-refractivity contribution in [1.29, 1.82) is 0 Å². The minimum Gasteiger partial charge on any atom is -0.373 e. The smallest absolute Gasteiger partial charge is 0.253 e. The molecule has 2 fully saturated rings. The Kier molecular flexibility index (Phi) is 3.33. The topological polar surface area (TPSA) is 63.2 Å². The molecule has 0 radical (unpaired) electrons. The van der Waals surface area contributed by atoms with Gasteiger partial charge in [0.15, 0.2) is 0 Å². The summed E-state index contributed by atoms with van der Waals surface area (Å²) in [7, 11) is 1.75. The molecule has 0 aliphatic carbocycles. The van der Waals surface area contributed by atoms with Crippen LogP contribution in [0.5, 0.6) is 0 Å². The molecule has 2 saturated heterocycles. The quantitative estimate of drug-likeness (QED) is 0.887. The lowest BCUT2D eigenvalue weighted by atomic mass is 9.95. The van der Waals surface area contributed by atoms with Crippen molar-refractivity contribution >= 4 is 23.3 Å². The number of halogens is 1. The van der Waals surface area contributed by atoms with Crippen LogP contribution in [0.3, 0.4) is 0 Å². The number of carbonyl (C=O) groups is 1. The number of hydrogen-bond donors (Lipinski definition) is 2. The van der Waals surface area contributed by atoms with Crippen molar-refractivity contribution in [3.63, 3.8) is 0 Å². The van der Waals surface area contributed by atoms with Gasteiger partial charge in [0, 0.05) is 13.2 Å². The van der Waals surface area contributed by atoms with Crippen LogP contribution in [0.25, 0.3) is 0 Å². The molecule has 2 aliphatic heterocycles. The van der Waals surface area contributed by atoms with Crippen LogP contribution in [-0.2, 0) is 4.74 Å². The Bertz CT molecular complexity index is 509. The summed E-state index contributed by atoms with van der Waals surface area (Å²) in [6, 6.07) is 1.76. The number of fused-ring (bicyclic) bond motifs is 2. The third-order valence-electron chi connectivity index (χ3n) is 3.78. The van der Waals surface area contributed by atoms with Gasteiger partial charge >= 0.3 is 0 Å². The molecule has 3 rings (SSSR count). The van der Waals surface area contributed by atoms with Gasteiger partial charge < -0.3 is 15.4 Å². The standard InChI is InChI=1S/C13H16ClN3O2/c1-15-12-5-8(9(14)6-16-12)13(18)17-10-4-7-2-3-11(10)19-7/h5-7,10-11H,2-4H2,1H3,(H,15,16)(H,17,18). The number of rotatable bonds is 3. The van der Waals surface area contributed by atoms with E-state index in [9.17, 15) is 4.79 Å². The second kappa shape index (κ2) is 4.98. The van der Waals surface area contributed by atoms with Crippen LogP contribution >= 0.6 is 11.6 Å². The molecule has 2 N–H and O–H groups in total. The summed E-state index contributed by atoms with van der Waals surface area (Å²) in [5.41, 5.74) is 0.448. The minimum absolute atomic E-state index is 0.105. The van der Waals surface area contributed by atoms with Crippen LogP contribution in [0.1, 0.15) is 29.6 Å². The number of amides is 1. The van der Waals surface area contributed by atoms with Crippen LogP contribution in [-0.4, -0.2) is 36.2 Å². The second-order valence-corrected chi connectivity index (χ2v) is 5.40. The Morgan fingerprint density at radius 2 is 2.37 bits per heavy atom. The van der Waals surface area contributed by atoms with E-state index in [0.29, 0.717) is 22.5 Å². The van der Waals surface area contributed by atoms with Crippen molar-refractivity contribution in [3.05, 3.63) is 22.8 Å². The summed E-state index contributed by atoms with van der Waals surface area (Å²) >= 11 is 6.03. The average molecular weight is 282 g/mol. The highest BCUT2D eigenvalue weighted by atomic mass is 35.5. The lowest BCUT2D eigenvalue weighted by molar-refractivity contribution is 0.0841. The predicted octanol–water partition coefficient (Wildman–Crippen LogP) is 1.83. The molecule has 3 unspecified atom stereocenters. The van der Waals surface area contributed by atoms with Crippen LogP contribution < -0.4 is 10.6 Å². The van der Waals surface area contributed by atoms with Crippen LogP contribution in [0.2, 0.25) is 5.02 Å². The lowest BCUT2D eigenvalue weighted by Gasteiger charge is -2.20. The maximum Gasteiger partial charge on any atom is 0.253 e. The van der Waals surface area contributed by atoms with E-state index in [4.69, 9.17) is 16.3 Å². The summed E-state index contributed by atoms with van der Waals surface area (Å²) in [5, 5.41) is 6.27. The van der Waals surface area contributed by atoms with E-state index in [1.807, 2.05) is 0 Å². The molecule has 1 aromatic rings. The Labute approximate surface area is 116 Å². The number of nitrogens with one attached hydrogen (secondary N) is 2. The Hall–Kier alpha value is -1.33. The first-order chi connectivity index (χ1) is 9.17. The zero-order valence-electron chi connectivity index (χ0n) is 10.6. The van der Waals surface area contributed by atoms with Crippen LogP contribution in [0.4, 0.5) is 5.82 Å². The van der Waals surface area contributed by atoms with E-state index >= 15 is 0 Å². The molecule has 102 valence electrons. The van der Waals surface area contributed by atoms with Crippen molar-refractivity contribution in [2.45, 2.75) is 37.5 Å². The Morgan fingerprint density at radius 1 is 1.53 bits per heavy atom. The van der Waals surface area contributed by atoms with Crippen LogP contribution in [0, 0.1) is 0 Å². The van der Waals surface area contributed by atoms with E-state index in [1.54, 1.807) is 13.1 Å². The highest BCUT2D eigenvalue weighted by Crippen LogP contribution is 2.34. The molecule has 5 nitrogen and oxygen atoms in total. The van der Waals surface area contributed by atoms with Gasteiger partial charge in [-0.15, -0.1) is 0 Å². The van der Waals surface area contributed by atoms with Gasteiger partial charge in [-0.25, -0.2) is 4.98 Å². The number of pyridine rings is 1. The lowest BCUT2D eigenvalue weighted by Crippen LogP contribution is -2.41. The van der Waals surface area contributed by atoms with Crippen molar-refractivity contribution in [2.75, 3.05) is 12.4 Å². The predicted molar refractivity (Wildman–Crippen MR) is 72.6 cm³/mol. The summed E-state index contributed by atoms with van der Waals surface area (Å²) in [5.74, 6) is 0.462. The molecule has 3 atom stereocenters. The molecule has 19 heavy (non-hydrogen) atoms. The van der Waals surface area contributed by atoms with E-state index in [2.05, 4.69) is 15.6 Å². The molecule has 0 aromatic carbocycles. The van der Waals surface area contributed by atoms with Gasteiger partial charge in [-0.3, -0.25) is 4.79 Å². The molecular formula is C13H16ClN3O2. The number of nitrogens with zero attached hydrogens (tertiary/aromatic N) is 1. The molecule has 2 aliphatic rings. The van der Waals surface area contributed by atoms with Crippen molar-refractivity contribution in [3.8, 4) is 0 Å². The van der Waals surface area contributed by atoms with E-state index in [1.165, 1.54) is 6.20 Å². The maximum absolute atomic E-state index is 12.3. The highest BCUT2D eigenvalue weighted by molar-refractivity contribution is 6.33. The zero-order valence-corrected chi connectivity index (χ0v) is 11.4. The fourth-order valence-electron chi connectivity index (χ4n) is 2.79. The number of ether oxygens (including phenoxy) is 1. The van der Waals surface area contributed by atoms with Crippen molar-refractivity contribution in [1.82, 2.24) is 10.3 Å². The molecular weight excluding hydrogens is 266 g/mol.